The van der Waals surface area contributed by atoms with E-state index in [2.05, 4.69) is 0 Å². The van der Waals surface area contributed by atoms with Crippen LogP contribution in [0.4, 0.5) is 4.39 Å². The molecule has 0 saturated heterocycles. The van der Waals surface area contributed by atoms with E-state index in [-0.39, 0.29) is 16.1 Å². The zero-order valence-electron chi connectivity index (χ0n) is 10.9. The standard InChI is InChI=1S/C15H12ClFO3/c1-19-12-4-3-5-13(20-2)14(12)15(18)10-8-9(17)6-7-11(10)16/h3-8H,1-2H3. The van der Waals surface area contributed by atoms with Crippen LogP contribution in [0.2, 0.25) is 5.02 Å². The Balaban J connectivity index is 2.61. The maximum absolute atomic E-state index is 13.3. The van der Waals surface area contributed by atoms with Crippen molar-refractivity contribution in [3.63, 3.8) is 0 Å². The summed E-state index contributed by atoms with van der Waals surface area (Å²) in [6.07, 6.45) is 0. The van der Waals surface area contributed by atoms with Crippen LogP contribution in [-0.4, -0.2) is 20.0 Å². The number of ether oxygens (including phenoxy) is 2. The molecule has 0 fully saturated rings. The van der Waals surface area contributed by atoms with E-state index in [0.29, 0.717) is 11.5 Å². The fraction of sp³-hybridized carbons (Fsp3) is 0.133. The summed E-state index contributed by atoms with van der Waals surface area (Å²) < 4.78 is 23.6. The molecule has 0 aliphatic rings. The molecule has 104 valence electrons. The average Bonchev–Trinajstić information content (AvgIpc) is 2.48. The Morgan fingerprint density at radius 2 is 1.70 bits per heavy atom. The topological polar surface area (TPSA) is 35.5 Å². The van der Waals surface area contributed by atoms with Crippen LogP contribution in [0, 0.1) is 5.82 Å². The molecule has 3 nitrogen and oxygen atoms in total. The van der Waals surface area contributed by atoms with Gasteiger partial charge in [0, 0.05) is 5.56 Å². The van der Waals surface area contributed by atoms with Gasteiger partial charge in [0.2, 0.25) is 5.78 Å². The molecule has 0 amide bonds. The summed E-state index contributed by atoms with van der Waals surface area (Å²) in [6, 6.07) is 8.58. The van der Waals surface area contributed by atoms with E-state index in [0.717, 1.165) is 6.07 Å². The fourth-order valence-corrected chi connectivity index (χ4v) is 2.08. The molecule has 0 saturated carbocycles. The first kappa shape index (κ1) is 14.3. The summed E-state index contributed by atoms with van der Waals surface area (Å²) in [6.45, 7) is 0. The zero-order chi connectivity index (χ0) is 14.7. The number of hydrogen-bond acceptors (Lipinski definition) is 3. The second kappa shape index (κ2) is 5.92. The van der Waals surface area contributed by atoms with Gasteiger partial charge in [-0.15, -0.1) is 0 Å². The van der Waals surface area contributed by atoms with E-state index in [1.807, 2.05) is 0 Å². The smallest absolute Gasteiger partial charge is 0.202 e. The third-order valence-corrected chi connectivity index (χ3v) is 3.16. The van der Waals surface area contributed by atoms with Gasteiger partial charge < -0.3 is 9.47 Å². The van der Waals surface area contributed by atoms with Crippen LogP contribution < -0.4 is 9.47 Å². The highest BCUT2D eigenvalue weighted by Crippen LogP contribution is 2.32. The predicted octanol–water partition coefficient (Wildman–Crippen LogP) is 3.73. The van der Waals surface area contributed by atoms with Crippen molar-refractivity contribution < 1.29 is 18.7 Å². The average molecular weight is 295 g/mol. The molecule has 5 heteroatoms. The van der Waals surface area contributed by atoms with Crippen LogP contribution in [0.3, 0.4) is 0 Å². The number of ketones is 1. The highest BCUT2D eigenvalue weighted by Gasteiger charge is 2.22. The van der Waals surface area contributed by atoms with E-state index in [1.54, 1.807) is 18.2 Å². The largest absolute Gasteiger partial charge is 0.496 e. The van der Waals surface area contributed by atoms with Crippen molar-refractivity contribution in [3.8, 4) is 11.5 Å². The van der Waals surface area contributed by atoms with Crippen LogP contribution in [0.15, 0.2) is 36.4 Å². The van der Waals surface area contributed by atoms with Gasteiger partial charge in [0.05, 0.1) is 19.2 Å². The SMILES string of the molecule is COc1cccc(OC)c1C(=O)c1cc(F)ccc1Cl. The Bertz CT molecular complexity index is 633. The van der Waals surface area contributed by atoms with Crippen molar-refractivity contribution in [1.82, 2.24) is 0 Å². The Labute approximate surface area is 120 Å². The summed E-state index contributed by atoms with van der Waals surface area (Å²) in [4.78, 5) is 12.6. The van der Waals surface area contributed by atoms with Crippen LogP contribution in [0.1, 0.15) is 15.9 Å². The molecule has 0 aliphatic heterocycles. The van der Waals surface area contributed by atoms with Crippen molar-refractivity contribution >= 4 is 17.4 Å². The van der Waals surface area contributed by atoms with E-state index in [1.165, 1.54) is 26.4 Å². The van der Waals surface area contributed by atoms with Crippen molar-refractivity contribution in [1.29, 1.82) is 0 Å². The maximum atomic E-state index is 13.3. The number of carbonyl (C=O) groups excluding carboxylic acids is 1. The third-order valence-electron chi connectivity index (χ3n) is 2.83. The van der Waals surface area contributed by atoms with Gasteiger partial charge in [0.25, 0.3) is 0 Å². The van der Waals surface area contributed by atoms with Gasteiger partial charge in [-0.05, 0) is 30.3 Å². The number of carbonyl (C=O) groups is 1. The van der Waals surface area contributed by atoms with Crippen molar-refractivity contribution in [2.24, 2.45) is 0 Å². The number of methoxy groups -OCH3 is 2. The normalized spacial score (nSPS) is 10.2. The van der Waals surface area contributed by atoms with E-state index in [9.17, 15) is 9.18 Å². The van der Waals surface area contributed by atoms with Crippen LogP contribution >= 0.6 is 11.6 Å². The summed E-state index contributed by atoms with van der Waals surface area (Å²) in [5, 5.41) is 0.171. The molecule has 0 aliphatic carbocycles. The molecule has 2 aromatic carbocycles. The highest BCUT2D eigenvalue weighted by molar-refractivity contribution is 6.35. The van der Waals surface area contributed by atoms with Gasteiger partial charge in [-0.25, -0.2) is 4.39 Å². The fourth-order valence-electron chi connectivity index (χ4n) is 1.88. The lowest BCUT2D eigenvalue weighted by atomic mass is 10.0. The van der Waals surface area contributed by atoms with Gasteiger partial charge in [0.1, 0.15) is 22.9 Å². The minimum atomic E-state index is -0.536. The molecule has 0 heterocycles. The lowest BCUT2D eigenvalue weighted by Crippen LogP contribution is -2.07. The van der Waals surface area contributed by atoms with Crippen molar-refractivity contribution in [2.75, 3.05) is 14.2 Å². The van der Waals surface area contributed by atoms with E-state index >= 15 is 0 Å². The van der Waals surface area contributed by atoms with Gasteiger partial charge in [0.15, 0.2) is 0 Å². The van der Waals surface area contributed by atoms with Crippen molar-refractivity contribution in [3.05, 3.63) is 58.4 Å². The predicted molar refractivity (Wildman–Crippen MR) is 74.4 cm³/mol. The van der Waals surface area contributed by atoms with Crippen LogP contribution in [0.25, 0.3) is 0 Å². The molecule has 0 spiro atoms. The maximum Gasteiger partial charge on any atom is 0.202 e. The molecule has 0 unspecified atom stereocenters. The first-order valence-electron chi connectivity index (χ1n) is 5.79. The minimum absolute atomic E-state index is 0.0643. The molecular weight excluding hydrogens is 283 g/mol. The van der Waals surface area contributed by atoms with Gasteiger partial charge in [-0.3, -0.25) is 4.79 Å². The monoisotopic (exact) mass is 294 g/mol. The Hall–Kier alpha value is -2.07. The molecule has 0 bridgehead atoms. The zero-order valence-corrected chi connectivity index (χ0v) is 11.7. The molecule has 2 rings (SSSR count). The Kier molecular flexibility index (Phi) is 4.25. The molecule has 0 aromatic heterocycles. The lowest BCUT2D eigenvalue weighted by molar-refractivity contribution is 0.103. The quantitative estimate of drug-likeness (QED) is 0.806. The molecule has 0 N–H and O–H groups in total. The first-order valence-corrected chi connectivity index (χ1v) is 6.17. The first-order chi connectivity index (χ1) is 9.58. The van der Waals surface area contributed by atoms with Gasteiger partial charge in [-0.2, -0.15) is 0 Å². The molecular formula is C15H12ClFO3. The number of hydrogen-bond donors (Lipinski definition) is 0. The number of benzene rings is 2. The highest BCUT2D eigenvalue weighted by atomic mass is 35.5. The lowest BCUT2D eigenvalue weighted by Gasteiger charge is -2.12. The summed E-state index contributed by atoms with van der Waals surface area (Å²) in [5.74, 6) is -0.306. The Morgan fingerprint density at radius 1 is 1.10 bits per heavy atom. The Morgan fingerprint density at radius 3 is 2.25 bits per heavy atom. The van der Waals surface area contributed by atoms with E-state index < -0.39 is 11.6 Å². The summed E-state index contributed by atoms with van der Waals surface area (Å²) >= 11 is 5.96. The van der Waals surface area contributed by atoms with E-state index in [4.69, 9.17) is 21.1 Å². The number of halogens is 2. The van der Waals surface area contributed by atoms with Crippen LogP contribution in [-0.2, 0) is 0 Å². The summed E-state index contributed by atoms with van der Waals surface area (Å²) in [5.41, 5.74) is 0.277. The molecule has 0 atom stereocenters. The van der Waals surface area contributed by atoms with Gasteiger partial charge in [-0.1, -0.05) is 17.7 Å². The van der Waals surface area contributed by atoms with Crippen molar-refractivity contribution in [2.45, 2.75) is 0 Å². The van der Waals surface area contributed by atoms with Gasteiger partial charge >= 0.3 is 0 Å². The van der Waals surface area contributed by atoms with Crippen LogP contribution in [0.5, 0.6) is 11.5 Å². The molecule has 20 heavy (non-hydrogen) atoms. The molecule has 2 aromatic rings. The minimum Gasteiger partial charge on any atom is -0.496 e. The summed E-state index contributed by atoms with van der Waals surface area (Å²) in [7, 11) is 2.89. The molecule has 0 radical (unpaired) electrons. The second-order valence-corrected chi connectivity index (χ2v) is 4.40. The third kappa shape index (κ3) is 2.60. The second-order valence-electron chi connectivity index (χ2n) is 3.99. The number of rotatable bonds is 4.